The maximum absolute atomic E-state index is 12.3. The summed E-state index contributed by atoms with van der Waals surface area (Å²) in [6, 6.07) is 12.7. The van der Waals surface area contributed by atoms with Crippen molar-refractivity contribution >= 4 is 16.9 Å². The molecule has 1 aliphatic carbocycles. The zero-order valence-corrected chi connectivity index (χ0v) is 16.5. The van der Waals surface area contributed by atoms with Crippen LogP contribution in [0.15, 0.2) is 51.7 Å². The number of carbonyl (C=O) groups excluding carboxylic acids is 1. The third kappa shape index (κ3) is 3.83. The van der Waals surface area contributed by atoms with Gasteiger partial charge in [-0.05, 0) is 49.9 Å². The first-order valence-electron chi connectivity index (χ1n) is 9.70. The molecule has 6 heteroatoms. The number of benzene rings is 2. The molecule has 1 amide bonds. The van der Waals surface area contributed by atoms with Crippen LogP contribution in [0.1, 0.15) is 36.1 Å². The Morgan fingerprint density at radius 1 is 1.17 bits per heavy atom. The zero-order chi connectivity index (χ0) is 20.4. The number of aryl methyl sites for hydroxylation is 1. The van der Waals surface area contributed by atoms with Crippen molar-refractivity contribution in [3.05, 3.63) is 69.6 Å². The van der Waals surface area contributed by atoms with Crippen molar-refractivity contribution in [1.82, 2.24) is 5.32 Å². The van der Waals surface area contributed by atoms with Gasteiger partial charge in [0.1, 0.15) is 17.1 Å². The maximum atomic E-state index is 12.3. The lowest BCUT2D eigenvalue weighted by atomic mass is 10.1. The fourth-order valence-corrected chi connectivity index (χ4v) is 3.89. The minimum atomic E-state index is -0.273. The van der Waals surface area contributed by atoms with Gasteiger partial charge in [-0.15, -0.1) is 0 Å². The summed E-state index contributed by atoms with van der Waals surface area (Å²) >= 11 is 0. The third-order valence-electron chi connectivity index (χ3n) is 5.30. The molecule has 0 saturated heterocycles. The Balaban J connectivity index is 1.43. The van der Waals surface area contributed by atoms with Crippen LogP contribution in [-0.2, 0) is 17.6 Å². The van der Waals surface area contributed by atoms with E-state index in [1.165, 1.54) is 0 Å². The Bertz CT molecular complexity index is 1120. The Morgan fingerprint density at radius 3 is 2.79 bits per heavy atom. The molecule has 0 aliphatic heterocycles. The minimum Gasteiger partial charge on any atom is -0.496 e. The van der Waals surface area contributed by atoms with E-state index >= 15 is 0 Å². The SMILES string of the molecule is COc1ccccc1[C@H](C)NC(=O)COc1ccc2c3c(c(=O)oc2c1)CCC3. The Labute approximate surface area is 168 Å². The molecule has 0 radical (unpaired) electrons. The maximum Gasteiger partial charge on any atom is 0.339 e. The summed E-state index contributed by atoms with van der Waals surface area (Å²) in [5.41, 5.74) is 2.98. The van der Waals surface area contributed by atoms with Gasteiger partial charge in [0.2, 0.25) is 0 Å². The fraction of sp³-hybridized carbons (Fsp3) is 0.304. The molecule has 1 N–H and O–H groups in total. The zero-order valence-electron chi connectivity index (χ0n) is 16.5. The van der Waals surface area contributed by atoms with Crippen molar-refractivity contribution in [3.8, 4) is 11.5 Å². The second kappa shape index (κ2) is 7.99. The van der Waals surface area contributed by atoms with Gasteiger partial charge in [-0.2, -0.15) is 0 Å². The van der Waals surface area contributed by atoms with E-state index in [2.05, 4.69) is 5.32 Å². The number of para-hydroxylation sites is 1. The molecular weight excluding hydrogens is 370 g/mol. The van der Waals surface area contributed by atoms with Crippen molar-refractivity contribution in [3.63, 3.8) is 0 Å². The van der Waals surface area contributed by atoms with E-state index in [0.717, 1.165) is 47.1 Å². The normalized spacial score (nSPS) is 13.7. The topological polar surface area (TPSA) is 77.8 Å². The molecule has 0 spiro atoms. The molecule has 0 unspecified atom stereocenters. The molecule has 1 atom stereocenters. The molecule has 150 valence electrons. The molecule has 0 bridgehead atoms. The molecule has 1 aromatic heterocycles. The van der Waals surface area contributed by atoms with Gasteiger partial charge in [-0.25, -0.2) is 4.79 Å². The second-order valence-electron chi connectivity index (χ2n) is 7.18. The van der Waals surface area contributed by atoms with Crippen molar-refractivity contribution < 1.29 is 18.7 Å². The summed E-state index contributed by atoms with van der Waals surface area (Å²) in [6.07, 6.45) is 2.64. The molecule has 3 aromatic rings. The predicted octanol–water partition coefficient (Wildman–Crippen LogP) is 3.55. The number of ether oxygens (including phenoxy) is 2. The van der Waals surface area contributed by atoms with Gasteiger partial charge in [-0.1, -0.05) is 18.2 Å². The minimum absolute atomic E-state index is 0.139. The lowest BCUT2D eigenvalue weighted by Gasteiger charge is -2.17. The van der Waals surface area contributed by atoms with Gasteiger partial charge >= 0.3 is 5.63 Å². The van der Waals surface area contributed by atoms with E-state index in [-0.39, 0.29) is 24.2 Å². The average molecular weight is 393 g/mol. The smallest absolute Gasteiger partial charge is 0.339 e. The number of amides is 1. The molecule has 0 fully saturated rings. The highest BCUT2D eigenvalue weighted by Crippen LogP contribution is 2.29. The van der Waals surface area contributed by atoms with E-state index < -0.39 is 0 Å². The third-order valence-corrected chi connectivity index (χ3v) is 5.30. The van der Waals surface area contributed by atoms with E-state index in [1.807, 2.05) is 37.3 Å². The van der Waals surface area contributed by atoms with Gasteiger partial charge in [-0.3, -0.25) is 4.79 Å². The van der Waals surface area contributed by atoms with Gasteiger partial charge < -0.3 is 19.2 Å². The fourth-order valence-electron chi connectivity index (χ4n) is 3.89. The van der Waals surface area contributed by atoms with Crippen LogP contribution in [0, 0.1) is 0 Å². The number of hydrogen-bond acceptors (Lipinski definition) is 5. The van der Waals surface area contributed by atoms with Crippen LogP contribution in [0.25, 0.3) is 11.0 Å². The van der Waals surface area contributed by atoms with Gasteiger partial charge in [0.05, 0.1) is 13.2 Å². The van der Waals surface area contributed by atoms with E-state index in [1.54, 1.807) is 19.2 Å². The molecular formula is C23H23NO5. The summed E-state index contributed by atoms with van der Waals surface area (Å²) in [5, 5.41) is 3.85. The Morgan fingerprint density at radius 2 is 1.97 bits per heavy atom. The van der Waals surface area contributed by atoms with Crippen LogP contribution in [-0.4, -0.2) is 19.6 Å². The highest BCUT2D eigenvalue weighted by molar-refractivity contribution is 5.83. The first kappa shape index (κ1) is 19.1. The number of hydrogen-bond donors (Lipinski definition) is 1. The van der Waals surface area contributed by atoms with Crippen LogP contribution in [0.2, 0.25) is 0 Å². The first-order chi connectivity index (χ1) is 14.1. The number of carbonyl (C=O) groups is 1. The molecule has 1 heterocycles. The summed E-state index contributed by atoms with van der Waals surface area (Å²) < 4.78 is 16.4. The highest BCUT2D eigenvalue weighted by atomic mass is 16.5. The standard InChI is InChI=1S/C23H23NO5/c1-14(16-6-3-4-9-20(16)27-2)24-22(25)13-28-15-10-11-18-17-7-5-8-19(17)23(26)29-21(18)12-15/h3-4,6,9-12,14H,5,7-8,13H2,1-2H3,(H,24,25)/t14-/m0/s1. The van der Waals surface area contributed by atoms with Crippen LogP contribution in [0.3, 0.4) is 0 Å². The Kier molecular flexibility index (Phi) is 5.25. The van der Waals surface area contributed by atoms with E-state index in [0.29, 0.717) is 11.3 Å². The monoisotopic (exact) mass is 393 g/mol. The highest BCUT2D eigenvalue weighted by Gasteiger charge is 2.20. The predicted molar refractivity (Wildman–Crippen MR) is 110 cm³/mol. The first-order valence-corrected chi connectivity index (χ1v) is 9.70. The van der Waals surface area contributed by atoms with E-state index in [4.69, 9.17) is 13.9 Å². The Hall–Kier alpha value is -3.28. The lowest BCUT2D eigenvalue weighted by molar-refractivity contribution is -0.123. The van der Waals surface area contributed by atoms with Crippen molar-refractivity contribution in [2.75, 3.05) is 13.7 Å². The molecule has 1 aliphatic rings. The summed E-state index contributed by atoms with van der Waals surface area (Å²) in [6.45, 7) is 1.75. The molecule has 2 aromatic carbocycles. The van der Waals surface area contributed by atoms with Gasteiger partial charge in [0, 0.05) is 22.6 Å². The molecule has 4 rings (SSSR count). The molecule has 29 heavy (non-hydrogen) atoms. The van der Waals surface area contributed by atoms with Gasteiger partial charge in [0.15, 0.2) is 6.61 Å². The number of methoxy groups -OCH3 is 1. The number of rotatable bonds is 6. The van der Waals surface area contributed by atoms with Crippen LogP contribution in [0.4, 0.5) is 0 Å². The summed E-state index contributed by atoms with van der Waals surface area (Å²) in [7, 11) is 1.60. The second-order valence-corrected chi connectivity index (χ2v) is 7.18. The lowest BCUT2D eigenvalue weighted by Crippen LogP contribution is -2.31. The molecule has 0 saturated carbocycles. The summed E-state index contributed by atoms with van der Waals surface area (Å²) in [5.74, 6) is 0.955. The number of fused-ring (bicyclic) bond motifs is 3. The van der Waals surface area contributed by atoms with Crippen LogP contribution >= 0.6 is 0 Å². The van der Waals surface area contributed by atoms with Crippen LogP contribution < -0.4 is 20.4 Å². The van der Waals surface area contributed by atoms with Crippen LogP contribution in [0.5, 0.6) is 11.5 Å². The van der Waals surface area contributed by atoms with E-state index in [9.17, 15) is 9.59 Å². The molecule has 6 nitrogen and oxygen atoms in total. The van der Waals surface area contributed by atoms with Gasteiger partial charge in [0.25, 0.3) is 5.91 Å². The van der Waals surface area contributed by atoms with Crippen molar-refractivity contribution in [1.29, 1.82) is 0 Å². The largest absolute Gasteiger partial charge is 0.496 e. The average Bonchev–Trinajstić information content (AvgIpc) is 3.23. The van der Waals surface area contributed by atoms with Crippen molar-refractivity contribution in [2.45, 2.75) is 32.2 Å². The van der Waals surface area contributed by atoms with Crippen molar-refractivity contribution in [2.24, 2.45) is 0 Å². The number of nitrogens with one attached hydrogen (secondary N) is 1. The summed E-state index contributed by atoms with van der Waals surface area (Å²) in [4.78, 5) is 24.4. The quantitative estimate of drug-likeness (QED) is 0.648.